The number of furan rings is 1. The van der Waals surface area contributed by atoms with Gasteiger partial charge in [-0.1, -0.05) is 11.6 Å². The molecule has 2 heterocycles. The van der Waals surface area contributed by atoms with Gasteiger partial charge in [-0.15, -0.1) is 0 Å². The third kappa shape index (κ3) is 4.28. The molecule has 1 fully saturated rings. The van der Waals surface area contributed by atoms with Crippen LogP contribution in [0.15, 0.2) is 34.7 Å². The largest absolute Gasteiger partial charge is 0.451 e. The minimum atomic E-state index is -0.534. The Morgan fingerprint density at radius 3 is 2.56 bits per heavy atom. The van der Waals surface area contributed by atoms with Gasteiger partial charge in [0.25, 0.3) is 11.6 Å². The Balaban J connectivity index is 1.66. The van der Waals surface area contributed by atoms with Crippen molar-refractivity contribution in [3.8, 4) is 11.3 Å². The first-order chi connectivity index (χ1) is 12.8. The first-order valence-corrected chi connectivity index (χ1v) is 8.83. The van der Waals surface area contributed by atoms with E-state index < -0.39 is 4.92 Å². The van der Waals surface area contributed by atoms with E-state index in [9.17, 15) is 19.7 Å². The van der Waals surface area contributed by atoms with Crippen LogP contribution in [-0.2, 0) is 4.79 Å². The molecule has 27 heavy (non-hydrogen) atoms. The fraction of sp³-hybridized carbons (Fsp3) is 0.333. The van der Waals surface area contributed by atoms with Gasteiger partial charge in [0.1, 0.15) is 5.76 Å². The van der Waals surface area contributed by atoms with Crippen molar-refractivity contribution >= 4 is 29.1 Å². The zero-order valence-electron chi connectivity index (χ0n) is 14.6. The average Bonchev–Trinajstić information content (AvgIpc) is 3.12. The lowest BCUT2D eigenvalue weighted by Crippen LogP contribution is -2.45. The maximum Gasteiger partial charge on any atom is 0.287 e. The van der Waals surface area contributed by atoms with E-state index in [1.54, 1.807) is 11.0 Å². The van der Waals surface area contributed by atoms with Crippen molar-refractivity contribution < 1.29 is 18.9 Å². The number of amides is 2. The molecule has 0 spiro atoms. The van der Waals surface area contributed by atoms with Gasteiger partial charge in [0.05, 0.1) is 9.95 Å². The Hall–Kier alpha value is -2.87. The lowest BCUT2D eigenvalue weighted by Gasteiger charge is -2.31. The highest BCUT2D eigenvalue weighted by Gasteiger charge is 2.24. The summed E-state index contributed by atoms with van der Waals surface area (Å²) >= 11 is 6.09. The van der Waals surface area contributed by atoms with Crippen LogP contribution in [0, 0.1) is 10.1 Å². The van der Waals surface area contributed by atoms with E-state index in [0.29, 0.717) is 37.3 Å². The quantitative estimate of drug-likeness (QED) is 0.636. The van der Waals surface area contributed by atoms with E-state index in [1.807, 2.05) is 0 Å². The SMILES string of the molecule is CC(=O)N1CCC(NC(=O)c2ccc(-c3ccc([N+](=O)[O-])cc3Cl)o2)CC1. The molecule has 0 atom stereocenters. The van der Waals surface area contributed by atoms with Gasteiger partial charge in [-0.3, -0.25) is 19.7 Å². The molecule has 9 heteroatoms. The van der Waals surface area contributed by atoms with Crippen LogP contribution in [0.5, 0.6) is 0 Å². The van der Waals surface area contributed by atoms with Gasteiger partial charge in [0.15, 0.2) is 5.76 Å². The Labute approximate surface area is 160 Å². The predicted octanol–water partition coefficient (Wildman–Crippen LogP) is 3.25. The zero-order chi connectivity index (χ0) is 19.6. The topological polar surface area (TPSA) is 106 Å². The number of nitrogens with one attached hydrogen (secondary N) is 1. The normalized spacial score (nSPS) is 14.8. The van der Waals surface area contributed by atoms with Crippen LogP contribution < -0.4 is 5.32 Å². The van der Waals surface area contributed by atoms with E-state index in [-0.39, 0.29) is 34.3 Å². The molecule has 8 nitrogen and oxygen atoms in total. The highest BCUT2D eigenvalue weighted by atomic mass is 35.5. The van der Waals surface area contributed by atoms with Gasteiger partial charge in [-0.2, -0.15) is 0 Å². The molecule has 1 aromatic heterocycles. The summed E-state index contributed by atoms with van der Waals surface area (Å²) in [5.74, 6) is 0.177. The second-order valence-corrected chi connectivity index (χ2v) is 6.75. The van der Waals surface area contributed by atoms with Gasteiger partial charge in [0.2, 0.25) is 5.91 Å². The van der Waals surface area contributed by atoms with Crippen LogP contribution in [0.25, 0.3) is 11.3 Å². The monoisotopic (exact) mass is 391 g/mol. The number of benzene rings is 1. The number of nitro groups is 1. The minimum absolute atomic E-state index is 0.0235. The van der Waals surface area contributed by atoms with E-state index in [1.165, 1.54) is 31.2 Å². The molecule has 1 saturated heterocycles. The summed E-state index contributed by atoms with van der Waals surface area (Å²) in [6.45, 7) is 2.76. The Morgan fingerprint density at radius 1 is 1.26 bits per heavy atom. The summed E-state index contributed by atoms with van der Waals surface area (Å²) in [6, 6.07) is 7.16. The van der Waals surface area contributed by atoms with E-state index in [4.69, 9.17) is 16.0 Å². The molecule has 142 valence electrons. The number of nitro benzene ring substituents is 1. The predicted molar refractivity (Wildman–Crippen MR) is 98.6 cm³/mol. The van der Waals surface area contributed by atoms with Crippen molar-refractivity contribution in [3.63, 3.8) is 0 Å². The summed E-state index contributed by atoms with van der Waals surface area (Å²) in [5.41, 5.74) is 0.348. The van der Waals surface area contributed by atoms with Crippen LogP contribution in [-0.4, -0.2) is 40.8 Å². The van der Waals surface area contributed by atoms with Gasteiger partial charge in [-0.25, -0.2) is 0 Å². The number of carbonyl (C=O) groups is 2. The minimum Gasteiger partial charge on any atom is -0.451 e. The Kier molecular flexibility index (Phi) is 5.46. The van der Waals surface area contributed by atoms with Gasteiger partial charge < -0.3 is 14.6 Å². The fourth-order valence-corrected chi connectivity index (χ4v) is 3.29. The summed E-state index contributed by atoms with van der Waals surface area (Å²) in [6.07, 6.45) is 1.38. The van der Waals surface area contributed by atoms with Crippen LogP contribution in [0.1, 0.15) is 30.3 Å². The molecule has 0 aliphatic carbocycles. The highest BCUT2D eigenvalue weighted by molar-refractivity contribution is 6.33. The number of nitrogens with zero attached hydrogens (tertiary/aromatic N) is 2. The maximum absolute atomic E-state index is 12.4. The number of non-ortho nitro benzene ring substituents is 1. The number of carbonyl (C=O) groups excluding carboxylic acids is 2. The number of piperidine rings is 1. The molecule has 1 aromatic carbocycles. The van der Waals surface area contributed by atoms with E-state index in [0.717, 1.165) is 0 Å². The molecule has 0 bridgehead atoms. The van der Waals surface area contributed by atoms with Crippen molar-refractivity contribution in [3.05, 3.63) is 51.2 Å². The number of hydrogen-bond donors (Lipinski definition) is 1. The average molecular weight is 392 g/mol. The second kappa shape index (κ2) is 7.79. The number of rotatable bonds is 4. The van der Waals surface area contributed by atoms with Crippen LogP contribution in [0.3, 0.4) is 0 Å². The number of halogens is 1. The number of likely N-dealkylation sites (tertiary alicyclic amines) is 1. The van der Waals surface area contributed by atoms with Gasteiger partial charge in [-0.05, 0) is 31.0 Å². The Morgan fingerprint density at radius 2 is 1.96 bits per heavy atom. The third-order valence-corrected chi connectivity index (χ3v) is 4.85. The van der Waals surface area contributed by atoms with Crippen molar-refractivity contribution in [2.45, 2.75) is 25.8 Å². The second-order valence-electron chi connectivity index (χ2n) is 6.34. The third-order valence-electron chi connectivity index (χ3n) is 4.53. The maximum atomic E-state index is 12.4. The van der Waals surface area contributed by atoms with Crippen LogP contribution >= 0.6 is 11.6 Å². The van der Waals surface area contributed by atoms with Crippen molar-refractivity contribution in [2.75, 3.05) is 13.1 Å². The lowest BCUT2D eigenvalue weighted by atomic mass is 10.0. The Bertz CT molecular complexity index is 887. The molecule has 0 saturated carbocycles. The molecular formula is C18H18ClN3O5. The van der Waals surface area contributed by atoms with E-state index >= 15 is 0 Å². The first-order valence-electron chi connectivity index (χ1n) is 8.45. The van der Waals surface area contributed by atoms with E-state index in [2.05, 4.69) is 5.32 Å². The fourth-order valence-electron chi connectivity index (χ4n) is 3.02. The molecule has 1 N–H and O–H groups in total. The van der Waals surface area contributed by atoms with Crippen molar-refractivity contribution in [1.29, 1.82) is 0 Å². The molecule has 3 rings (SSSR count). The summed E-state index contributed by atoms with van der Waals surface area (Å²) in [5, 5.41) is 13.9. The molecule has 0 radical (unpaired) electrons. The highest BCUT2D eigenvalue weighted by Crippen LogP contribution is 2.32. The van der Waals surface area contributed by atoms with Gasteiger partial charge >= 0.3 is 0 Å². The number of hydrogen-bond acceptors (Lipinski definition) is 5. The van der Waals surface area contributed by atoms with Crippen molar-refractivity contribution in [1.82, 2.24) is 10.2 Å². The molecule has 0 unspecified atom stereocenters. The lowest BCUT2D eigenvalue weighted by molar-refractivity contribution is -0.384. The summed E-state index contributed by atoms with van der Waals surface area (Å²) in [7, 11) is 0. The van der Waals surface area contributed by atoms with Crippen molar-refractivity contribution in [2.24, 2.45) is 0 Å². The molecule has 2 aromatic rings. The summed E-state index contributed by atoms with van der Waals surface area (Å²) < 4.78 is 5.58. The van der Waals surface area contributed by atoms with Crippen LogP contribution in [0.4, 0.5) is 5.69 Å². The summed E-state index contributed by atoms with van der Waals surface area (Å²) in [4.78, 5) is 35.8. The molecular weight excluding hydrogens is 374 g/mol. The van der Waals surface area contributed by atoms with Crippen LogP contribution in [0.2, 0.25) is 5.02 Å². The standard InChI is InChI=1S/C18H18ClN3O5/c1-11(23)21-8-6-12(7-9-21)20-18(24)17-5-4-16(27-17)14-3-2-13(22(25)26)10-15(14)19/h2-5,10,12H,6-9H2,1H3,(H,20,24). The molecule has 2 amide bonds. The molecule has 1 aliphatic heterocycles. The van der Waals surface area contributed by atoms with Gasteiger partial charge in [0, 0.05) is 43.8 Å². The molecule has 1 aliphatic rings. The zero-order valence-corrected chi connectivity index (χ0v) is 15.4. The smallest absolute Gasteiger partial charge is 0.287 e. The first kappa shape index (κ1) is 18.9.